The van der Waals surface area contributed by atoms with Gasteiger partial charge in [0.15, 0.2) is 5.69 Å². The zero-order chi connectivity index (χ0) is 15.7. The highest BCUT2D eigenvalue weighted by molar-refractivity contribution is 5.93. The number of benzene rings is 2. The smallest absolute Gasteiger partial charge is 0.276 e. The molecule has 1 N–H and O–H groups in total. The fourth-order valence-corrected chi connectivity index (χ4v) is 2.52. The van der Waals surface area contributed by atoms with Crippen LogP contribution in [-0.4, -0.2) is 33.3 Å². The molecule has 0 aliphatic carbocycles. The lowest BCUT2D eigenvalue weighted by Crippen LogP contribution is -2.30. The standard InChI is InChI=1S/C17H18N4O/c1-11-16(19-20-18-11)17(22)21(3)12(2)14-9-8-13-6-4-5-7-15(13)10-14/h4-10,12H,1-3H3,(H,18,19,20). The number of H-pyrrole nitrogens is 1. The van der Waals surface area contributed by atoms with Crippen LogP contribution in [0.15, 0.2) is 42.5 Å². The van der Waals surface area contributed by atoms with E-state index in [0.717, 1.165) is 5.56 Å². The number of nitrogens with zero attached hydrogens (tertiary/aromatic N) is 3. The van der Waals surface area contributed by atoms with E-state index in [-0.39, 0.29) is 11.9 Å². The Kier molecular flexibility index (Phi) is 3.63. The highest BCUT2D eigenvalue weighted by atomic mass is 16.2. The maximum absolute atomic E-state index is 12.5. The van der Waals surface area contributed by atoms with E-state index in [4.69, 9.17) is 0 Å². The Morgan fingerprint density at radius 1 is 1.14 bits per heavy atom. The van der Waals surface area contributed by atoms with E-state index in [1.165, 1.54) is 10.8 Å². The van der Waals surface area contributed by atoms with E-state index in [1.54, 1.807) is 18.9 Å². The summed E-state index contributed by atoms with van der Waals surface area (Å²) in [6, 6.07) is 14.4. The Hall–Kier alpha value is -2.69. The van der Waals surface area contributed by atoms with Crippen LogP contribution in [0, 0.1) is 6.92 Å². The predicted octanol–water partition coefficient (Wildman–Crippen LogP) is 3.10. The second kappa shape index (κ2) is 5.60. The van der Waals surface area contributed by atoms with E-state index in [2.05, 4.69) is 45.7 Å². The molecule has 1 unspecified atom stereocenters. The van der Waals surface area contributed by atoms with E-state index in [0.29, 0.717) is 11.4 Å². The first-order chi connectivity index (χ1) is 10.6. The third-order valence-corrected chi connectivity index (χ3v) is 4.08. The summed E-state index contributed by atoms with van der Waals surface area (Å²) in [5, 5.41) is 12.7. The number of carbonyl (C=O) groups excluding carboxylic acids is 1. The summed E-state index contributed by atoms with van der Waals surface area (Å²) in [6.45, 7) is 3.78. The molecule has 1 aromatic heterocycles. The van der Waals surface area contributed by atoms with E-state index < -0.39 is 0 Å². The van der Waals surface area contributed by atoms with Crippen molar-refractivity contribution in [2.45, 2.75) is 19.9 Å². The van der Waals surface area contributed by atoms with Crippen LogP contribution in [0.1, 0.15) is 34.7 Å². The minimum absolute atomic E-state index is 0.0480. The molecule has 0 aliphatic heterocycles. The number of hydrogen-bond donors (Lipinski definition) is 1. The number of amides is 1. The Morgan fingerprint density at radius 2 is 1.86 bits per heavy atom. The number of fused-ring (bicyclic) bond motifs is 1. The van der Waals surface area contributed by atoms with Gasteiger partial charge in [-0.1, -0.05) is 36.4 Å². The van der Waals surface area contributed by atoms with Crippen LogP contribution in [0.3, 0.4) is 0 Å². The molecule has 112 valence electrons. The third-order valence-electron chi connectivity index (χ3n) is 4.08. The SMILES string of the molecule is Cc1n[nH]nc1C(=O)N(C)C(C)c1ccc2ccccc2c1. The number of rotatable bonds is 3. The van der Waals surface area contributed by atoms with Gasteiger partial charge in [-0.3, -0.25) is 4.79 Å². The lowest BCUT2D eigenvalue weighted by Gasteiger charge is -2.25. The van der Waals surface area contributed by atoms with Crippen molar-refractivity contribution >= 4 is 16.7 Å². The third kappa shape index (κ3) is 2.45. The zero-order valence-electron chi connectivity index (χ0n) is 12.9. The normalized spacial score (nSPS) is 12.3. The lowest BCUT2D eigenvalue weighted by molar-refractivity contribution is 0.0736. The van der Waals surface area contributed by atoms with Crippen molar-refractivity contribution in [3.05, 3.63) is 59.4 Å². The molecule has 0 saturated carbocycles. The van der Waals surface area contributed by atoms with Crippen molar-refractivity contribution in [1.82, 2.24) is 20.3 Å². The highest BCUT2D eigenvalue weighted by Crippen LogP contribution is 2.24. The summed E-state index contributed by atoms with van der Waals surface area (Å²) in [5.74, 6) is -0.132. The molecule has 3 rings (SSSR count). The molecule has 2 aromatic carbocycles. The zero-order valence-corrected chi connectivity index (χ0v) is 12.9. The average molecular weight is 294 g/mol. The number of hydrogen-bond acceptors (Lipinski definition) is 3. The molecule has 5 nitrogen and oxygen atoms in total. The number of aromatic nitrogens is 3. The van der Waals surface area contributed by atoms with Crippen molar-refractivity contribution < 1.29 is 4.79 Å². The summed E-state index contributed by atoms with van der Waals surface area (Å²) in [4.78, 5) is 14.2. The van der Waals surface area contributed by atoms with Gasteiger partial charge in [0.1, 0.15) is 0 Å². The second-order valence-electron chi connectivity index (χ2n) is 5.46. The van der Waals surface area contributed by atoms with E-state index in [1.807, 2.05) is 19.1 Å². The van der Waals surface area contributed by atoms with Gasteiger partial charge in [0.25, 0.3) is 5.91 Å². The molecule has 0 fully saturated rings. The quantitative estimate of drug-likeness (QED) is 0.807. The van der Waals surface area contributed by atoms with Gasteiger partial charge >= 0.3 is 0 Å². The van der Waals surface area contributed by atoms with Gasteiger partial charge in [0.2, 0.25) is 0 Å². The van der Waals surface area contributed by atoms with Crippen LogP contribution in [0.2, 0.25) is 0 Å². The molecule has 0 radical (unpaired) electrons. The molecule has 0 bridgehead atoms. The van der Waals surface area contributed by atoms with Gasteiger partial charge in [-0.2, -0.15) is 15.4 Å². The highest BCUT2D eigenvalue weighted by Gasteiger charge is 2.22. The largest absolute Gasteiger partial charge is 0.333 e. The molecule has 1 amide bonds. The molecule has 3 aromatic rings. The Morgan fingerprint density at radius 3 is 2.55 bits per heavy atom. The number of nitrogens with one attached hydrogen (secondary N) is 1. The van der Waals surface area contributed by atoms with Crippen LogP contribution in [-0.2, 0) is 0 Å². The Labute approximate surface area is 129 Å². The summed E-state index contributed by atoms with van der Waals surface area (Å²) < 4.78 is 0. The molecule has 0 aliphatic rings. The maximum Gasteiger partial charge on any atom is 0.276 e. The molecule has 1 atom stereocenters. The van der Waals surface area contributed by atoms with E-state index >= 15 is 0 Å². The first-order valence-electron chi connectivity index (χ1n) is 7.21. The van der Waals surface area contributed by atoms with Gasteiger partial charge in [-0.05, 0) is 36.2 Å². The number of aryl methyl sites for hydroxylation is 1. The van der Waals surface area contributed by atoms with Crippen molar-refractivity contribution in [3.8, 4) is 0 Å². The summed E-state index contributed by atoms with van der Waals surface area (Å²) in [7, 11) is 1.79. The summed E-state index contributed by atoms with van der Waals surface area (Å²) >= 11 is 0. The molecule has 5 heteroatoms. The Balaban J connectivity index is 1.89. The first-order valence-corrected chi connectivity index (χ1v) is 7.21. The summed E-state index contributed by atoms with van der Waals surface area (Å²) in [6.07, 6.45) is 0. The maximum atomic E-state index is 12.5. The molecular formula is C17H18N4O. The fourth-order valence-electron chi connectivity index (χ4n) is 2.52. The molecule has 0 saturated heterocycles. The number of carbonyl (C=O) groups is 1. The van der Waals surface area contributed by atoms with Crippen molar-refractivity contribution in [2.75, 3.05) is 7.05 Å². The van der Waals surface area contributed by atoms with Gasteiger partial charge in [-0.15, -0.1) is 0 Å². The van der Waals surface area contributed by atoms with Crippen molar-refractivity contribution in [1.29, 1.82) is 0 Å². The van der Waals surface area contributed by atoms with Crippen LogP contribution in [0.5, 0.6) is 0 Å². The minimum atomic E-state index is -0.132. The summed E-state index contributed by atoms with van der Waals surface area (Å²) in [5.41, 5.74) is 2.08. The topological polar surface area (TPSA) is 61.9 Å². The van der Waals surface area contributed by atoms with Crippen molar-refractivity contribution in [3.63, 3.8) is 0 Å². The molecular weight excluding hydrogens is 276 g/mol. The lowest BCUT2D eigenvalue weighted by atomic mass is 10.0. The Bertz CT molecular complexity index is 824. The molecule has 1 heterocycles. The van der Waals surface area contributed by atoms with Gasteiger partial charge in [0.05, 0.1) is 11.7 Å². The molecule has 0 spiro atoms. The average Bonchev–Trinajstić information content (AvgIpc) is 2.98. The first kappa shape index (κ1) is 14.3. The number of aromatic amines is 1. The fraction of sp³-hybridized carbons (Fsp3) is 0.235. The van der Waals surface area contributed by atoms with Gasteiger partial charge < -0.3 is 4.90 Å². The van der Waals surface area contributed by atoms with Crippen LogP contribution in [0.4, 0.5) is 0 Å². The van der Waals surface area contributed by atoms with Crippen LogP contribution < -0.4 is 0 Å². The molecule has 22 heavy (non-hydrogen) atoms. The monoisotopic (exact) mass is 294 g/mol. The second-order valence-corrected chi connectivity index (χ2v) is 5.46. The minimum Gasteiger partial charge on any atom is -0.333 e. The van der Waals surface area contributed by atoms with Crippen LogP contribution >= 0.6 is 0 Å². The van der Waals surface area contributed by atoms with Gasteiger partial charge in [-0.25, -0.2) is 0 Å². The van der Waals surface area contributed by atoms with Crippen molar-refractivity contribution in [2.24, 2.45) is 0 Å². The van der Waals surface area contributed by atoms with Gasteiger partial charge in [0, 0.05) is 7.05 Å². The predicted molar refractivity (Wildman–Crippen MR) is 85.6 cm³/mol. The van der Waals surface area contributed by atoms with Crippen LogP contribution in [0.25, 0.3) is 10.8 Å². The van der Waals surface area contributed by atoms with E-state index in [9.17, 15) is 4.79 Å².